The molecule has 1 fully saturated rings. The number of anilines is 1. The van der Waals surface area contributed by atoms with Gasteiger partial charge in [0.2, 0.25) is 0 Å². The number of likely N-dealkylation sites (N-methyl/N-ethyl adjacent to an activating group) is 1. The number of fused-ring (bicyclic) bond motifs is 2. The zero-order valence-corrected chi connectivity index (χ0v) is 13.9. The second-order valence-corrected chi connectivity index (χ2v) is 7.22. The van der Waals surface area contributed by atoms with Crippen LogP contribution >= 0.6 is 0 Å². The van der Waals surface area contributed by atoms with E-state index in [0.29, 0.717) is 5.41 Å². The lowest BCUT2D eigenvalue weighted by Crippen LogP contribution is -2.28. The average molecular weight is 302 g/mol. The molecule has 116 valence electrons. The second kappa shape index (κ2) is 5.13. The lowest BCUT2D eigenvalue weighted by Gasteiger charge is -2.24. The van der Waals surface area contributed by atoms with Crippen LogP contribution in [0.4, 0.5) is 5.69 Å². The molecule has 23 heavy (non-hydrogen) atoms. The molecule has 0 N–H and O–H groups in total. The summed E-state index contributed by atoms with van der Waals surface area (Å²) in [6.45, 7) is 3.26. The molecule has 2 aliphatic rings. The summed E-state index contributed by atoms with van der Waals surface area (Å²) < 4.78 is 0. The van der Waals surface area contributed by atoms with E-state index in [0.717, 1.165) is 12.1 Å². The third kappa shape index (κ3) is 2.15. The third-order valence-corrected chi connectivity index (χ3v) is 5.75. The van der Waals surface area contributed by atoms with Crippen LogP contribution < -0.4 is 4.90 Å². The first-order valence-electron chi connectivity index (χ1n) is 8.50. The Labute approximate surface area is 138 Å². The first-order chi connectivity index (χ1) is 11.1. The summed E-state index contributed by atoms with van der Waals surface area (Å²) in [6.07, 6.45) is 5.35. The molecule has 0 amide bonds. The largest absolute Gasteiger partial charge is 0.373 e. The van der Waals surface area contributed by atoms with Crippen molar-refractivity contribution < 1.29 is 0 Å². The van der Waals surface area contributed by atoms with E-state index in [2.05, 4.69) is 49.2 Å². The van der Waals surface area contributed by atoms with Crippen LogP contribution in [-0.4, -0.2) is 13.6 Å². The van der Waals surface area contributed by atoms with Crippen molar-refractivity contribution in [3.05, 3.63) is 53.1 Å². The molecule has 0 bridgehead atoms. The molecule has 2 heteroatoms. The van der Waals surface area contributed by atoms with E-state index in [-0.39, 0.29) is 0 Å². The summed E-state index contributed by atoms with van der Waals surface area (Å²) in [5.41, 5.74) is 7.76. The monoisotopic (exact) mass is 302 g/mol. The van der Waals surface area contributed by atoms with Gasteiger partial charge in [-0.2, -0.15) is 5.26 Å². The van der Waals surface area contributed by atoms with Crippen LogP contribution in [0.1, 0.15) is 42.4 Å². The molecular formula is C21H22N2. The summed E-state index contributed by atoms with van der Waals surface area (Å²) in [4.78, 5) is 2.43. The van der Waals surface area contributed by atoms with Gasteiger partial charge in [0.25, 0.3) is 0 Å². The SMILES string of the molecule is Cc1cc(C#N)ccc1-c1ccc2c(c1)C1(CCCC1)CN2C. The molecule has 2 nitrogen and oxygen atoms in total. The number of nitrogens with zero attached hydrogens (tertiary/aromatic N) is 2. The number of hydrogen-bond acceptors (Lipinski definition) is 2. The fourth-order valence-corrected chi connectivity index (χ4v) is 4.62. The maximum absolute atomic E-state index is 9.06. The minimum atomic E-state index is 0.376. The number of benzene rings is 2. The Morgan fingerprint density at radius 3 is 2.57 bits per heavy atom. The van der Waals surface area contributed by atoms with E-state index >= 15 is 0 Å². The molecule has 4 rings (SSSR count). The van der Waals surface area contributed by atoms with E-state index in [1.807, 2.05) is 12.1 Å². The Kier molecular flexibility index (Phi) is 3.20. The van der Waals surface area contributed by atoms with Crippen LogP contribution in [-0.2, 0) is 5.41 Å². The van der Waals surface area contributed by atoms with E-state index < -0.39 is 0 Å². The van der Waals surface area contributed by atoms with Crippen molar-refractivity contribution in [2.75, 3.05) is 18.5 Å². The van der Waals surface area contributed by atoms with Gasteiger partial charge in [-0.3, -0.25) is 0 Å². The van der Waals surface area contributed by atoms with Gasteiger partial charge in [0.1, 0.15) is 0 Å². The Bertz CT molecular complexity index is 807. The second-order valence-electron chi connectivity index (χ2n) is 7.22. The van der Waals surface area contributed by atoms with Gasteiger partial charge in [0, 0.05) is 24.7 Å². The zero-order chi connectivity index (χ0) is 16.0. The number of aryl methyl sites for hydroxylation is 1. The standard InChI is InChI=1S/C21H22N2/c1-15-11-16(13-22)5-7-18(15)17-6-8-20-19(12-17)21(14-23(20)2)9-3-4-10-21/h5-8,11-12H,3-4,9-10,14H2,1-2H3. The predicted molar refractivity (Wildman–Crippen MR) is 94.7 cm³/mol. The first-order valence-corrected chi connectivity index (χ1v) is 8.50. The van der Waals surface area contributed by atoms with E-state index in [9.17, 15) is 0 Å². The van der Waals surface area contributed by atoms with Crippen molar-refractivity contribution >= 4 is 5.69 Å². The average Bonchev–Trinajstić information content (AvgIpc) is 3.13. The summed E-state index contributed by atoms with van der Waals surface area (Å²) >= 11 is 0. The Morgan fingerprint density at radius 2 is 1.87 bits per heavy atom. The molecule has 2 aromatic carbocycles. The quantitative estimate of drug-likeness (QED) is 0.757. The highest BCUT2D eigenvalue weighted by atomic mass is 15.1. The molecule has 0 radical (unpaired) electrons. The minimum Gasteiger partial charge on any atom is -0.373 e. The number of nitriles is 1. The van der Waals surface area contributed by atoms with Gasteiger partial charge in [-0.05, 0) is 66.3 Å². The fourth-order valence-electron chi connectivity index (χ4n) is 4.62. The van der Waals surface area contributed by atoms with E-state index in [4.69, 9.17) is 5.26 Å². The Balaban J connectivity index is 1.83. The molecule has 1 aliphatic carbocycles. The molecule has 1 aliphatic heterocycles. The highest BCUT2D eigenvalue weighted by molar-refractivity contribution is 5.75. The summed E-state index contributed by atoms with van der Waals surface area (Å²) in [5, 5.41) is 9.06. The highest BCUT2D eigenvalue weighted by Gasteiger charge is 2.43. The van der Waals surface area contributed by atoms with Crippen molar-refractivity contribution in [3.8, 4) is 17.2 Å². The van der Waals surface area contributed by atoms with Gasteiger partial charge in [-0.25, -0.2) is 0 Å². The molecule has 0 aromatic heterocycles. The zero-order valence-electron chi connectivity index (χ0n) is 13.9. The molecule has 1 saturated carbocycles. The van der Waals surface area contributed by atoms with Crippen molar-refractivity contribution in [2.24, 2.45) is 0 Å². The smallest absolute Gasteiger partial charge is 0.0991 e. The number of rotatable bonds is 1. The summed E-state index contributed by atoms with van der Waals surface area (Å²) in [7, 11) is 2.22. The van der Waals surface area contributed by atoms with Crippen LogP contribution in [0.3, 0.4) is 0 Å². The van der Waals surface area contributed by atoms with Crippen molar-refractivity contribution in [2.45, 2.75) is 38.0 Å². The van der Waals surface area contributed by atoms with Gasteiger partial charge in [0.05, 0.1) is 11.6 Å². The third-order valence-electron chi connectivity index (χ3n) is 5.75. The minimum absolute atomic E-state index is 0.376. The topological polar surface area (TPSA) is 27.0 Å². The lowest BCUT2D eigenvalue weighted by molar-refractivity contribution is 0.473. The fraction of sp³-hybridized carbons (Fsp3) is 0.381. The molecular weight excluding hydrogens is 280 g/mol. The van der Waals surface area contributed by atoms with Crippen molar-refractivity contribution in [3.63, 3.8) is 0 Å². The normalized spacial score (nSPS) is 18.2. The maximum atomic E-state index is 9.06. The first kappa shape index (κ1) is 14.3. The summed E-state index contributed by atoms with van der Waals surface area (Å²) in [6, 6.07) is 15.2. The van der Waals surface area contributed by atoms with Gasteiger partial charge < -0.3 is 4.90 Å². The van der Waals surface area contributed by atoms with Crippen LogP contribution in [0.25, 0.3) is 11.1 Å². The lowest BCUT2D eigenvalue weighted by atomic mass is 9.79. The highest BCUT2D eigenvalue weighted by Crippen LogP contribution is 2.50. The predicted octanol–water partition coefficient (Wildman–Crippen LogP) is 4.80. The van der Waals surface area contributed by atoms with E-state index in [1.54, 1.807) is 5.56 Å². The van der Waals surface area contributed by atoms with Crippen LogP contribution in [0, 0.1) is 18.3 Å². The number of hydrogen-bond donors (Lipinski definition) is 0. The van der Waals surface area contributed by atoms with Crippen LogP contribution in [0.5, 0.6) is 0 Å². The van der Waals surface area contributed by atoms with Gasteiger partial charge in [-0.1, -0.05) is 25.0 Å². The molecule has 0 saturated heterocycles. The Hall–Kier alpha value is -2.27. The van der Waals surface area contributed by atoms with Gasteiger partial charge in [0.15, 0.2) is 0 Å². The molecule has 0 atom stereocenters. The molecule has 0 unspecified atom stereocenters. The molecule has 1 spiro atoms. The van der Waals surface area contributed by atoms with Gasteiger partial charge >= 0.3 is 0 Å². The molecule has 2 aromatic rings. The van der Waals surface area contributed by atoms with Crippen LogP contribution in [0.15, 0.2) is 36.4 Å². The maximum Gasteiger partial charge on any atom is 0.0991 e. The van der Waals surface area contributed by atoms with Crippen molar-refractivity contribution in [1.29, 1.82) is 5.26 Å². The van der Waals surface area contributed by atoms with Crippen molar-refractivity contribution in [1.82, 2.24) is 0 Å². The van der Waals surface area contributed by atoms with Crippen LogP contribution in [0.2, 0.25) is 0 Å². The Morgan fingerprint density at radius 1 is 1.09 bits per heavy atom. The molecule has 1 heterocycles. The van der Waals surface area contributed by atoms with Gasteiger partial charge in [-0.15, -0.1) is 0 Å². The summed E-state index contributed by atoms with van der Waals surface area (Å²) in [5.74, 6) is 0. The van der Waals surface area contributed by atoms with E-state index in [1.165, 1.54) is 48.1 Å².